The molecule has 0 aliphatic carbocycles. The fraction of sp³-hybridized carbons (Fsp3) is 0.333. The van der Waals surface area contributed by atoms with E-state index in [9.17, 15) is 4.79 Å². The molecule has 1 aromatic heterocycles. The van der Waals surface area contributed by atoms with Gasteiger partial charge in [0.2, 0.25) is 5.91 Å². The van der Waals surface area contributed by atoms with E-state index in [1.807, 2.05) is 25.1 Å². The highest BCUT2D eigenvalue weighted by Crippen LogP contribution is 2.34. The maximum absolute atomic E-state index is 11.8. The zero-order valence-electron chi connectivity index (χ0n) is 11.3. The summed E-state index contributed by atoms with van der Waals surface area (Å²) in [4.78, 5) is 17.4. The van der Waals surface area contributed by atoms with E-state index in [1.54, 1.807) is 0 Å². The van der Waals surface area contributed by atoms with Gasteiger partial charge in [0, 0.05) is 18.2 Å². The summed E-state index contributed by atoms with van der Waals surface area (Å²) in [5.74, 6) is 1.18. The van der Waals surface area contributed by atoms with Gasteiger partial charge in [0.15, 0.2) is 0 Å². The van der Waals surface area contributed by atoms with Crippen molar-refractivity contribution < 1.29 is 9.78 Å². The molecule has 0 unspecified atom stereocenters. The quantitative estimate of drug-likeness (QED) is 0.893. The molecule has 0 saturated carbocycles. The van der Waals surface area contributed by atoms with Crippen LogP contribution in [0.4, 0.5) is 11.5 Å². The fourth-order valence-corrected chi connectivity index (χ4v) is 2.63. The van der Waals surface area contributed by atoms with Crippen molar-refractivity contribution in [2.45, 2.75) is 19.8 Å². The Balaban J connectivity index is 2.24. The van der Waals surface area contributed by atoms with Gasteiger partial charge in [-0.25, -0.2) is 4.98 Å². The number of carbonyl (C=O) groups is 1. The van der Waals surface area contributed by atoms with Crippen LogP contribution in [0.2, 0.25) is 0 Å². The molecule has 0 fully saturated rings. The summed E-state index contributed by atoms with van der Waals surface area (Å²) in [6.07, 6.45) is 1.46. The number of carbonyl (C=O) groups excluding carboxylic acids is 1. The van der Waals surface area contributed by atoms with E-state index in [0.717, 1.165) is 35.4 Å². The van der Waals surface area contributed by atoms with Crippen molar-refractivity contribution in [3.63, 3.8) is 0 Å². The molecule has 1 aliphatic heterocycles. The third-order valence-corrected chi connectivity index (χ3v) is 3.70. The summed E-state index contributed by atoms with van der Waals surface area (Å²) >= 11 is 0. The highest BCUT2D eigenvalue weighted by Gasteiger charge is 2.29. The van der Waals surface area contributed by atoms with Crippen LogP contribution < -0.4 is 15.2 Å². The third-order valence-electron chi connectivity index (χ3n) is 3.70. The first kappa shape index (κ1) is 12.0. The third kappa shape index (κ3) is 1.93. The Bertz CT molecular complexity index is 651. The molecule has 19 heavy (non-hydrogen) atoms. The predicted molar refractivity (Wildman–Crippen MR) is 76.4 cm³/mol. The van der Waals surface area contributed by atoms with E-state index in [1.165, 1.54) is 5.56 Å². The number of pyridine rings is 1. The summed E-state index contributed by atoms with van der Waals surface area (Å²) < 4.78 is 0. The van der Waals surface area contributed by atoms with E-state index in [2.05, 4.69) is 28.3 Å². The first-order chi connectivity index (χ1) is 9.20. The van der Waals surface area contributed by atoms with Gasteiger partial charge in [-0.1, -0.05) is 19.1 Å². The van der Waals surface area contributed by atoms with E-state index in [-0.39, 0.29) is 5.91 Å². The van der Waals surface area contributed by atoms with Gasteiger partial charge in [0.25, 0.3) is 5.82 Å². The maximum atomic E-state index is 11.8. The highest BCUT2D eigenvalue weighted by molar-refractivity contribution is 6.02. The number of aromatic amines is 1. The molecule has 1 aliphatic rings. The Hall–Kier alpha value is -2.10. The lowest BCUT2D eigenvalue weighted by atomic mass is 10.1. The zero-order chi connectivity index (χ0) is 13.4. The lowest BCUT2D eigenvalue weighted by Crippen LogP contribution is -2.22. The van der Waals surface area contributed by atoms with Crippen molar-refractivity contribution in [2.75, 3.05) is 23.8 Å². The lowest BCUT2D eigenvalue weighted by Gasteiger charge is -2.11. The second-order valence-corrected chi connectivity index (χ2v) is 4.95. The van der Waals surface area contributed by atoms with E-state index in [0.29, 0.717) is 6.42 Å². The monoisotopic (exact) mass is 256 g/mol. The Morgan fingerprint density at radius 1 is 1.42 bits per heavy atom. The molecular formula is C15H18N3O+. The van der Waals surface area contributed by atoms with Crippen LogP contribution in [-0.2, 0) is 11.2 Å². The number of nitrogens with one attached hydrogen (secondary N) is 2. The minimum Gasteiger partial charge on any atom is -0.325 e. The average molecular weight is 256 g/mol. The van der Waals surface area contributed by atoms with Crippen LogP contribution in [0.5, 0.6) is 0 Å². The molecule has 0 saturated heterocycles. The normalized spacial score (nSPS) is 13.7. The van der Waals surface area contributed by atoms with Gasteiger partial charge >= 0.3 is 0 Å². The number of fused-ring (bicyclic) bond motifs is 2. The smallest absolute Gasteiger partial charge is 0.280 e. The number of benzene rings is 1. The SMILES string of the molecule is CCC(=O)Nc1c2c([nH+]c3ccccc13)N(C)CC2. The van der Waals surface area contributed by atoms with E-state index < -0.39 is 0 Å². The molecule has 4 heteroatoms. The fourth-order valence-electron chi connectivity index (χ4n) is 2.63. The second-order valence-electron chi connectivity index (χ2n) is 4.95. The highest BCUT2D eigenvalue weighted by atomic mass is 16.1. The molecular weight excluding hydrogens is 238 g/mol. The first-order valence-electron chi connectivity index (χ1n) is 6.68. The molecule has 0 atom stereocenters. The van der Waals surface area contributed by atoms with Crippen molar-refractivity contribution in [1.82, 2.24) is 0 Å². The first-order valence-corrected chi connectivity index (χ1v) is 6.68. The predicted octanol–water partition coefficient (Wildman–Crippen LogP) is 1.99. The van der Waals surface area contributed by atoms with Crippen LogP contribution in [0, 0.1) is 0 Å². The number of rotatable bonds is 2. The number of H-pyrrole nitrogens is 1. The molecule has 1 amide bonds. The van der Waals surface area contributed by atoms with Gasteiger partial charge in [-0.3, -0.25) is 9.69 Å². The molecule has 2 N–H and O–H groups in total. The number of hydrogen-bond acceptors (Lipinski definition) is 2. The largest absolute Gasteiger partial charge is 0.325 e. The van der Waals surface area contributed by atoms with Gasteiger partial charge < -0.3 is 5.32 Å². The zero-order valence-corrected chi connectivity index (χ0v) is 11.3. The van der Waals surface area contributed by atoms with Crippen molar-refractivity contribution in [3.05, 3.63) is 29.8 Å². The van der Waals surface area contributed by atoms with Crippen molar-refractivity contribution >= 4 is 28.3 Å². The summed E-state index contributed by atoms with van der Waals surface area (Å²) in [5.41, 5.74) is 3.24. The van der Waals surface area contributed by atoms with Crippen molar-refractivity contribution in [1.29, 1.82) is 0 Å². The van der Waals surface area contributed by atoms with Gasteiger partial charge in [-0.2, -0.15) is 0 Å². The summed E-state index contributed by atoms with van der Waals surface area (Å²) in [6.45, 7) is 2.86. The van der Waals surface area contributed by atoms with Crippen LogP contribution in [0.3, 0.4) is 0 Å². The van der Waals surface area contributed by atoms with Crippen molar-refractivity contribution in [2.24, 2.45) is 0 Å². The molecule has 1 aromatic carbocycles. The van der Waals surface area contributed by atoms with Crippen LogP contribution in [0.1, 0.15) is 18.9 Å². The Kier molecular flexibility index (Phi) is 2.85. The number of likely N-dealkylation sites (N-methyl/N-ethyl adjacent to an activating group) is 1. The summed E-state index contributed by atoms with van der Waals surface area (Å²) in [5, 5.41) is 4.15. The number of anilines is 2. The molecule has 0 spiro atoms. The number of amides is 1. The topological polar surface area (TPSA) is 46.5 Å². The second kappa shape index (κ2) is 4.53. The summed E-state index contributed by atoms with van der Waals surface area (Å²) in [6, 6.07) is 8.10. The molecule has 0 bridgehead atoms. The van der Waals surface area contributed by atoms with Gasteiger partial charge in [0.1, 0.15) is 5.52 Å². The number of para-hydroxylation sites is 1. The Labute approximate surface area is 112 Å². The van der Waals surface area contributed by atoms with E-state index >= 15 is 0 Å². The van der Waals surface area contributed by atoms with Gasteiger partial charge in [0.05, 0.1) is 24.8 Å². The molecule has 98 valence electrons. The van der Waals surface area contributed by atoms with Crippen LogP contribution in [0.25, 0.3) is 10.9 Å². The molecule has 0 radical (unpaired) electrons. The minimum atomic E-state index is 0.0631. The number of nitrogens with zero attached hydrogens (tertiary/aromatic N) is 1. The Morgan fingerprint density at radius 3 is 3.00 bits per heavy atom. The molecule has 3 rings (SSSR count). The van der Waals surface area contributed by atoms with Crippen LogP contribution >= 0.6 is 0 Å². The molecule has 4 nitrogen and oxygen atoms in total. The number of aromatic nitrogens is 1. The van der Waals surface area contributed by atoms with E-state index in [4.69, 9.17) is 0 Å². The lowest BCUT2D eigenvalue weighted by molar-refractivity contribution is -0.329. The standard InChI is InChI=1S/C15H17N3O/c1-3-13(19)17-14-10-6-4-5-7-12(10)16-15-11(14)8-9-18(15)2/h4-7H,3,8-9H2,1-2H3,(H,16,17,19)/p+1. The minimum absolute atomic E-state index is 0.0631. The van der Waals surface area contributed by atoms with Crippen LogP contribution in [-0.4, -0.2) is 19.5 Å². The molecule has 2 aromatic rings. The Morgan fingerprint density at radius 2 is 2.21 bits per heavy atom. The van der Waals surface area contributed by atoms with Crippen molar-refractivity contribution in [3.8, 4) is 0 Å². The number of hydrogen-bond donors (Lipinski definition) is 1. The van der Waals surface area contributed by atoms with Gasteiger partial charge in [-0.15, -0.1) is 0 Å². The van der Waals surface area contributed by atoms with Gasteiger partial charge in [-0.05, 0) is 12.1 Å². The molecule has 2 heterocycles. The van der Waals surface area contributed by atoms with Crippen LogP contribution in [0.15, 0.2) is 24.3 Å². The summed E-state index contributed by atoms with van der Waals surface area (Å²) in [7, 11) is 2.07. The maximum Gasteiger partial charge on any atom is 0.280 e. The average Bonchev–Trinajstić information content (AvgIpc) is 2.80.